The lowest BCUT2D eigenvalue weighted by Crippen LogP contribution is -2.12. The van der Waals surface area contributed by atoms with E-state index in [1.807, 2.05) is 12.1 Å². The molecule has 1 aliphatic carbocycles. The van der Waals surface area contributed by atoms with Crippen LogP contribution in [0.1, 0.15) is 45.0 Å². The standard InChI is InChI=1S/C16H20Cl2N2/c1-16(2)7-5-12(10-16)20-14-4-3-11(18)9-13(14)19-15(20)6-8-17/h3-4,9,12H,5-8,10H2,1-2H3. The summed E-state index contributed by atoms with van der Waals surface area (Å²) in [4.78, 5) is 4.75. The molecule has 0 amide bonds. The third-order valence-corrected chi connectivity index (χ3v) is 4.77. The fourth-order valence-electron chi connectivity index (χ4n) is 3.41. The number of halogens is 2. The molecule has 1 aromatic heterocycles. The highest BCUT2D eigenvalue weighted by Crippen LogP contribution is 2.45. The first-order chi connectivity index (χ1) is 9.50. The number of imidazole rings is 1. The molecule has 0 N–H and O–H groups in total. The number of fused-ring (bicyclic) bond motifs is 1. The van der Waals surface area contributed by atoms with Crippen LogP contribution in [0.15, 0.2) is 18.2 Å². The molecule has 0 radical (unpaired) electrons. The predicted molar refractivity (Wildman–Crippen MR) is 85.8 cm³/mol. The molecular weight excluding hydrogens is 291 g/mol. The van der Waals surface area contributed by atoms with Crippen molar-refractivity contribution in [2.45, 2.75) is 45.6 Å². The summed E-state index contributed by atoms with van der Waals surface area (Å²) in [6.45, 7) is 4.70. The van der Waals surface area contributed by atoms with Crippen LogP contribution in [0.3, 0.4) is 0 Å². The van der Waals surface area contributed by atoms with Crippen molar-refractivity contribution < 1.29 is 0 Å². The summed E-state index contributed by atoms with van der Waals surface area (Å²) in [5.41, 5.74) is 2.60. The van der Waals surface area contributed by atoms with Crippen molar-refractivity contribution in [3.8, 4) is 0 Å². The van der Waals surface area contributed by atoms with E-state index in [9.17, 15) is 0 Å². The molecule has 2 nitrogen and oxygen atoms in total. The highest BCUT2D eigenvalue weighted by molar-refractivity contribution is 6.31. The molecule has 1 fully saturated rings. The molecule has 2 aromatic rings. The van der Waals surface area contributed by atoms with E-state index in [2.05, 4.69) is 24.5 Å². The lowest BCUT2D eigenvalue weighted by atomic mass is 9.92. The van der Waals surface area contributed by atoms with Crippen LogP contribution >= 0.6 is 23.2 Å². The van der Waals surface area contributed by atoms with E-state index in [1.165, 1.54) is 24.8 Å². The van der Waals surface area contributed by atoms with Gasteiger partial charge >= 0.3 is 0 Å². The number of rotatable bonds is 3. The second-order valence-electron chi connectivity index (χ2n) is 6.53. The van der Waals surface area contributed by atoms with E-state index >= 15 is 0 Å². The Balaban J connectivity index is 2.09. The topological polar surface area (TPSA) is 17.8 Å². The second kappa shape index (κ2) is 5.23. The Morgan fingerprint density at radius 2 is 2.20 bits per heavy atom. The van der Waals surface area contributed by atoms with Crippen LogP contribution in [-0.4, -0.2) is 15.4 Å². The molecular formula is C16H20Cl2N2. The average Bonchev–Trinajstić information content (AvgIpc) is 2.89. The van der Waals surface area contributed by atoms with Crippen LogP contribution in [0.4, 0.5) is 0 Å². The minimum Gasteiger partial charge on any atom is -0.325 e. The van der Waals surface area contributed by atoms with E-state index < -0.39 is 0 Å². The molecule has 1 unspecified atom stereocenters. The van der Waals surface area contributed by atoms with Crippen LogP contribution in [0, 0.1) is 5.41 Å². The van der Waals surface area contributed by atoms with Gasteiger partial charge in [-0.25, -0.2) is 4.98 Å². The summed E-state index contributed by atoms with van der Waals surface area (Å²) in [7, 11) is 0. The van der Waals surface area contributed by atoms with Gasteiger partial charge in [0, 0.05) is 23.4 Å². The van der Waals surface area contributed by atoms with Crippen molar-refractivity contribution in [1.82, 2.24) is 9.55 Å². The quantitative estimate of drug-likeness (QED) is 0.710. The van der Waals surface area contributed by atoms with Gasteiger partial charge in [0.25, 0.3) is 0 Å². The zero-order valence-corrected chi connectivity index (χ0v) is 13.5. The molecule has 4 heteroatoms. The van der Waals surface area contributed by atoms with E-state index in [1.54, 1.807) is 0 Å². The summed E-state index contributed by atoms with van der Waals surface area (Å²) in [5.74, 6) is 1.70. The number of hydrogen-bond acceptors (Lipinski definition) is 1. The molecule has 108 valence electrons. The molecule has 20 heavy (non-hydrogen) atoms. The fraction of sp³-hybridized carbons (Fsp3) is 0.562. The monoisotopic (exact) mass is 310 g/mol. The van der Waals surface area contributed by atoms with Gasteiger partial charge in [0.1, 0.15) is 5.82 Å². The SMILES string of the molecule is CC1(C)CCC(n2c(CCCl)nc3cc(Cl)ccc32)C1. The first kappa shape index (κ1) is 14.2. The number of aryl methyl sites for hydroxylation is 1. The van der Waals surface area contributed by atoms with Crippen LogP contribution in [0.5, 0.6) is 0 Å². The minimum absolute atomic E-state index is 0.423. The van der Waals surface area contributed by atoms with Gasteiger partial charge in [-0.2, -0.15) is 0 Å². The smallest absolute Gasteiger partial charge is 0.111 e. The molecule has 0 aliphatic heterocycles. The van der Waals surface area contributed by atoms with Crippen molar-refractivity contribution in [1.29, 1.82) is 0 Å². The van der Waals surface area contributed by atoms with Gasteiger partial charge in [-0.1, -0.05) is 25.4 Å². The summed E-state index contributed by atoms with van der Waals surface area (Å²) < 4.78 is 2.41. The van der Waals surface area contributed by atoms with Crippen molar-refractivity contribution in [3.63, 3.8) is 0 Å². The fourth-order valence-corrected chi connectivity index (χ4v) is 3.75. The molecule has 1 saturated carbocycles. The van der Waals surface area contributed by atoms with E-state index in [0.717, 1.165) is 22.8 Å². The van der Waals surface area contributed by atoms with Gasteiger partial charge in [0.05, 0.1) is 11.0 Å². The normalized spacial score (nSPS) is 21.7. The third kappa shape index (κ3) is 2.56. The maximum atomic E-state index is 6.09. The molecule has 0 spiro atoms. The molecule has 1 aromatic carbocycles. The highest BCUT2D eigenvalue weighted by atomic mass is 35.5. The largest absolute Gasteiger partial charge is 0.325 e. The van der Waals surface area contributed by atoms with Gasteiger partial charge in [-0.15, -0.1) is 11.6 Å². The summed E-state index contributed by atoms with van der Waals surface area (Å²) in [6, 6.07) is 6.53. The molecule has 3 rings (SSSR count). The number of benzene rings is 1. The molecule has 1 atom stereocenters. The summed E-state index contributed by atoms with van der Waals surface area (Å²) in [6.07, 6.45) is 4.50. The zero-order chi connectivity index (χ0) is 14.3. The molecule has 1 heterocycles. The van der Waals surface area contributed by atoms with E-state index in [-0.39, 0.29) is 0 Å². The van der Waals surface area contributed by atoms with E-state index in [4.69, 9.17) is 28.2 Å². The molecule has 0 bridgehead atoms. The number of alkyl halides is 1. The molecule has 1 aliphatic rings. The first-order valence-electron chi connectivity index (χ1n) is 7.22. The van der Waals surface area contributed by atoms with Gasteiger partial charge < -0.3 is 4.57 Å². The Kier molecular flexibility index (Phi) is 3.72. The van der Waals surface area contributed by atoms with Gasteiger partial charge in [-0.3, -0.25) is 0 Å². The summed E-state index contributed by atoms with van der Waals surface area (Å²) in [5, 5.41) is 0.742. The van der Waals surface area contributed by atoms with Crippen molar-refractivity contribution in [2.75, 3.05) is 5.88 Å². The van der Waals surface area contributed by atoms with Gasteiger partial charge in [-0.05, 0) is 42.9 Å². The Labute approximate surface area is 130 Å². The van der Waals surface area contributed by atoms with Crippen LogP contribution in [0.2, 0.25) is 5.02 Å². The van der Waals surface area contributed by atoms with Crippen LogP contribution < -0.4 is 0 Å². The van der Waals surface area contributed by atoms with Gasteiger partial charge in [0.2, 0.25) is 0 Å². The molecule has 0 saturated heterocycles. The zero-order valence-electron chi connectivity index (χ0n) is 12.0. The minimum atomic E-state index is 0.423. The van der Waals surface area contributed by atoms with Crippen LogP contribution in [0.25, 0.3) is 11.0 Å². The van der Waals surface area contributed by atoms with Crippen molar-refractivity contribution in [2.24, 2.45) is 5.41 Å². The summed E-state index contributed by atoms with van der Waals surface area (Å²) >= 11 is 12.0. The lowest BCUT2D eigenvalue weighted by Gasteiger charge is -2.20. The van der Waals surface area contributed by atoms with Crippen molar-refractivity contribution >= 4 is 34.2 Å². The maximum absolute atomic E-state index is 6.09. The number of nitrogens with zero attached hydrogens (tertiary/aromatic N) is 2. The lowest BCUT2D eigenvalue weighted by molar-refractivity contribution is 0.358. The third-order valence-electron chi connectivity index (χ3n) is 4.35. The Bertz CT molecular complexity index is 631. The predicted octanol–water partition coefficient (Wildman–Crippen LogP) is 5.22. The highest BCUT2D eigenvalue weighted by Gasteiger charge is 2.33. The van der Waals surface area contributed by atoms with Gasteiger partial charge in [0.15, 0.2) is 0 Å². The van der Waals surface area contributed by atoms with Crippen molar-refractivity contribution in [3.05, 3.63) is 29.0 Å². The Morgan fingerprint density at radius 3 is 2.85 bits per heavy atom. The first-order valence-corrected chi connectivity index (χ1v) is 8.14. The maximum Gasteiger partial charge on any atom is 0.111 e. The number of hydrogen-bond donors (Lipinski definition) is 0. The average molecular weight is 311 g/mol. The Hall–Kier alpha value is -0.730. The second-order valence-corrected chi connectivity index (χ2v) is 7.35. The Morgan fingerprint density at radius 1 is 1.40 bits per heavy atom. The van der Waals surface area contributed by atoms with E-state index in [0.29, 0.717) is 17.3 Å². The number of aromatic nitrogens is 2. The van der Waals surface area contributed by atoms with Crippen LogP contribution in [-0.2, 0) is 6.42 Å².